The highest BCUT2D eigenvalue weighted by Gasteiger charge is 2.21. The minimum absolute atomic E-state index is 0.116. The number of H-pyrrole nitrogens is 1. The number of thiophene rings is 1. The molecule has 0 unspecified atom stereocenters. The van der Waals surface area contributed by atoms with Crippen molar-refractivity contribution in [3.05, 3.63) is 23.1 Å². The molecule has 0 spiro atoms. The van der Waals surface area contributed by atoms with E-state index < -0.39 is 11.7 Å². The fourth-order valence-corrected chi connectivity index (χ4v) is 2.73. The molecular weight excluding hydrogens is 328 g/mol. The molecule has 2 heterocycles. The molecule has 0 saturated heterocycles. The van der Waals surface area contributed by atoms with Gasteiger partial charge in [0.2, 0.25) is 5.91 Å². The fraction of sp³-hybridized carbons (Fsp3) is 0.438. The Kier molecular flexibility index (Phi) is 5.28. The van der Waals surface area contributed by atoms with E-state index in [1.807, 2.05) is 19.1 Å². The molecule has 130 valence electrons. The number of aryl methyl sites for hydroxylation is 1. The maximum absolute atomic E-state index is 12.0. The maximum Gasteiger partial charge on any atom is 0.410 e. The lowest BCUT2D eigenvalue weighted by atomic mass is 10.2. The number of hydrogen-bond donors (Lipinski definition) is 2. The van der Waals surface area contributed by atoms with Gasteiger partial charge in [-0.2, -0.15) is 5.10 Å². The quantitative estimate of drug-likeness (QED) is 0.886. The number of rotatable bonds is 4. The number of aromatic amines is 1. The van der Waals surface area contributed by atoms with E-state index in [4.69, 9.17) is 4.74 Å². The largest absolute Gasteiger partial charge is 0.444 e. The van der Waals surface area contributed by atoms with Gasteiger partial charge in [-0.05, 0) is 39.8 Å². The highest BCUT2D eigenvalue weighted by Crippen LogP contribution is 2.27. The summed E-state index contributed by atoms with van der Waals surface area (Å²) in [6, 6.07) is 5.78. The van der Waals surface area contributed by atoms with E-state index in [1.165, 1.54) is 16.8 Å². The van der Waals surface area contributed by atoms with Crippen LogP contribution in [0.15, 0.2) is 18.2 Å². The lowest BCUT2D eigenvalue weighted by Gasteiger charge is -2.24. The van der Waals surface area contributed by atoms with Crippen molar-refractivity contribution < 1.29 is 14.3 Å². The van der Waals surface area contributed by atoms with Crippen LogP contribution in [0.2, 0.25) is 0 Å². The second-order valence-corrected chi connectivity index (χ2v) is 7.75. The first kappa shape index (κ1) is 18.0. The van der Waals surface area contributed by atoms with Gasteiger partial charge in [0, 0.05) is 18.0 Å². The zero-order chi connectivity index (χ0) is 17.9. The van der Waals surface area contributed by atoms with Gasteiger partial charge in [-0.15, -0.1) is 11.3 Å². The highest BCUT2D eigenvalue weighted by molar-refractivity contribution is 7.15. The molecule has 2 aromatic rings. The SMILES string of the molecule is Cc1ccc(-c2cc(NC(=O)CN(C)C(=O)OC(C)(C)C)n[nH]2)s1. The van der Waals surface area contributed by atoms with Crippen LogP contribution >= 0.6 is 11.3 Å². The van der Waals surface area contributed by atoms with Gasteiger partial charge in [-0.3, -0.25) is 9.89 Å². The first-order chi connectivity index (χ1) is 11.1. The van der Waals surface area contributed by atoms with E-state index in [0.717, 1.165) is 10.6 Å². The Bertz CT molecular complexity index is 730. The maximum atomic E-state index is 12.0. The molecule has 2 N–H and O–H groups in total. The first-order valence-corrected chi connectivity index (χ1v) is 8.32. The number of amides is 2. The number of aromatic nitrogens is 2. The van der Waals surface area contributed by atoms with Gasteiger partial charge in [-0.1, -0.05) is 0 Å². The number of likely N-dealkylation sites (N-methyl/N-ethyl adjacent to an activating group) is 1. The summed E-state index contributed by atoms with van der Waals surface area (Å²) in [7, 11) is 1.51. The second-order valence-electron chi connectivity index (χ2n) is 6.46. The van der Waals surface area contributed by atoms with E-state index in [1.54, 1.807) is 38.2 Å². The van der Waals surface area contributed by atoms with Gasteiger partial charge in [0.15, 0.2) is 5.82 Å². The third kappa shape index (κ3) is 5.09. The summed E-state index contributed by atoms with van der Waals surface area (Å²) in [6.45, 7) is 7.23. The molecule has 24 heavy (non-hydrogen) atoms. The van der Waals surface area contributed by atoms with Crippen molar-refractivity contribution in [1.29, 1.82) is 0 Å². The molecule has 0 bridgehead atoms. The molecule has 0 aliphatic heterocycles. The summed E-state index contributed by atoms with van der Waals surface area (Å²) in [5.41, 5.74) is 0.237. The van der Waals surface area contributed by atoms with E-state index in [-0.39, 0.29) is 12.5 Å². The highest BCUT2D eigenvalue weighted by atomic mass is 32.1. The first-order valence-electron chi connectivity index (χ1n) is 7.50. The molecule has 0 aliphatic carbocycles. The Labute approximate surface area is 145 Å². The minimum atomic E-state index is -0.599. The van der Waals surface area contributed by atoms with Crippen LogP contribution in [0, 0.1) is 6.92 Å². The number of hydrogen-bond acceptors (Lipinski definition) is 5. The van der Waals surface area contributed by atoms with Crippen LogP contribution in [0.1, 0.15) is 25.6 Å². The Morgan fingerprint density at radius 2 is 2.08 bits per heavy atom. The third-order valence-electron chi connectivity index (χ3n) is 2.94. The van der Waals surface area contributed by atoms with Crippen molar-refractivity contribution in [1.82, 2.24) is 15.1 Å². The second kappa shape index (κ2) is 7.04. The van der Waals surface area contributed by atoms with Crippen molar-refractivity contribution in [2.45, 2.75) is 33.3 Å². The fourth-order valence-electron chi connectivity index (χ4n) is 1.89. The van der Waals surface area contributed by atoms with E-state index in [2.05, 4.69) is 15.5 Å². The Balaban J connectivity index is 1.91. The third-order valence-corrected chi connectivity index (χ3v) is 3.97. The van der Waals surface area contributed by atoms with Crippen molar-refractivity contribution >= 4 is 29.2 Å². The lowest BCUT2D eigenvalue weighted by Crippen LogP contribution is -2.38. The average molecular weight is 350 g/mol. The Morgan fingerprint density at radius 1 is 1.38 bits per heavy atom. The molecule has 0 fully saturated rings. The molecule has 2 amide bonds. The molecule has 0 saturated carbocycles. The number of nitrogens with one attached hydrogen (secondary N) is 2. The smallest absolute Gasteiger partial charge is 0.410 e. The standard InChI is InChI=1S/C16H22N4O3S/c1-10-6-7-12(24-10)11-8-13(19-18-11)17-14(21)9-20(5)15(22)23-16(2,3)4/h6-8H,9H2,1-5H3,(H2,17,18,19,21). The van der Waals surface area contributed by atoms with Crippen LogP contribution in [0.25, 0.3) is 10.6 Å². The molecule has 0 aliphatic rings. The summed E-state index contributed by atoms with van der Waals surface area (Å²) < 4.78 is 5.20. The van der Waals surface area contributed by atoms with Gasteiger partial charge >= 0.3 is 6.09 Å². The van der Waals surface area contributed by atoms with Gasteiger partial charge in [0.25, 0.3) is 0 Å². The van der Waals surface area contributed by atoms with Crippen molar-refractivity contribution in [2.75, 3.05) is 18.9 Å². The van der Waals surface area contributed by atoms with Crippen LogP contribution < -0.4 is 5.32 Å². The summed E-state index contributed by atoms with van der Waals surface area (Å²) in [5, 5.41) is 9.62. The van der Waals surface area contributed by atoms with Crippen molar-refractivity contribution in [3.63, 3.8) is 0 Å². The van der Waals surface area contributed by atoms with Gasteiger partial charge in [0.1, 0.15) is 12.1 Å². The Hall–Kier alpha value is -2.35. The number of ether oxygens (including phenoxy) is 1. The molecular formula is C16H22N4O3S. The molecule has 2 aromatic heterocycles. The van der Waals surface area contributed by atoms with Crippen LogP contribution in [0.4, 0.5) is 10.6 Å². The number of anilines is 1. The molecule has 0 atom stereocenters. The van der Waals surface area contributed by atoms with Gasteiger partial charge < -0.3 is 15.0 Å². The Morgan fingerprint density at radius 3 is 2.67 bits per heavy atom. The average Bonchev–Trinajstić information content (AvgIpc) is 3.05. The van der Waals surface area contributed by atoms with E-state index in [0.29, 0.717) is 5.82 Å². The van der Waals surface area contributed by atoms with Crippen molar-refractivity contribution in [3.8, 4) is 10.6 Å². The van der Waals surface area contributed by atoms with Crippen LogP contribution in [0.3, 0.4) is 0 Å². The number of carbonyl (C=O) groups is 2. The summed E-state index contributed by atoms with van der Waals surface area (Å²) in [4.78, 5) is 27.3. The number of carbonyl (C=O) groups excluding carboxylic acids is 2. The van der Waals surface area contributed by atoms with E-state index >= 15 is 0 Å². The monoisotopic (exact) mass is 350 g/mol. The van der Waals surface area contributed by atoms with E-state index in [9.17, 15) is 9.59 Å². The number of nitrogens with zero attached hydrogens (tertiary/aromatic N) is 2. The van der Waals surface area contributed by atoms with Gasteiger partial charge in [-0.25, -0.2) is 4.79 Å². The summed E-state index contributed by atoms with van der Waals surface area (Å²) >= 11 is 1.64. The molecule has 8 heteroatoms. The van der Waals surface area contributed by atoms with Gasteiger partial charge in [0.05, 0.1) is 10.6 Å². The predicted octanol–water partition coefficient (Wildman–Crippen LogP) is 3.25. The van der Waals surface area contributed by atoms with Crippen LogP contribution in [-0.4, -0.2) is 46.3 Å². The zero-order valence-corrected chi connectivity index (χ0v) is 15.3. The molecule has 0 radical (unpaired) electrons. The van der Waals surface area contributed by atoms with Crippen LogP contribution in [0.5, 0.6) is 0 Å². The minimum Gasteiger partial charge on any atom is -0.444 e. The lowest BCUT2D eigenvalue weighted by molar-refractivity contribution is -0.117. The van der Waals surface area contributed by atoms with Crippen molar-refractivity contribution in [2.24, 2.45) is 0 Å². The van der Waals surface area contributed by atoms with Crippen LogP contribution in [-0.2, 0) is 9.53 Å². The zero-order valence-electron chi connectivity index (χ0n) is 14.5. The normalized spacial score (nSPS) is 11.2. The molecule has 0 aromatic carbocycles. The predicted molar refractivity (Wildman–Crippen MR) is 94.1 cm³/mol. The molecule has 2 rings (SSSR count). The summed E-state index contributed by atoms with van der Waals surface area (Å²) in [6.07, 6.45) is -0.547. The molecule has 7 nitrogen and oxygen atoms in total. The summed E-state index contributed by atoms with van der Waals surface area (Å²) in [5.74, 6) is 0.0717. The topological polar surface area (TPSA) is 87.3 Å².